The molecule has 0 heterocycles. The standard InChI is InChI=1S/C15H16FNO/c1-18-15(11-6-3-2-4-7-11)14(17)12-8-5-9-13(16)10-12/h2-10,14-15H,17H2,1H3. The molecular weight excluding hydrogens is 229 g/mol. The predicted octanol–water partition coefficient (Wildman–Crippen LogP) is 3.21. The van der Waals surface area contributed by atoms with Crippen LogP contribution in [0.25, 0.3) is 0 Å². The van der Waals surface area contributed by atoms with Gasteiger partial charge in [0.1, 0.15) is 11.9 Å². The largest absolute Gasteiger partial charge is 0.375 e. The van der Waals surface area contributed by atoms with Crippen molar-refractivity contribution in [3.05, 3.63) is 71.5 Å². The first kappa shape index (κ1) is 12.7. The highest BCUT2D eigenvalue weighted by Crippen LogP contribution is 2.29. The van der Waals surface area contributed by atoms with E-state index in [1.54, 1.807) is 13.2 Å². The molecule has 0 saturated carbocycles. The maximum absolute atomic E-state index is 13.2. The van der Waals surface area contributed by atoms with E-state index in [9.17, 15) is 4.39 Å². The van der Waals surface area contributed by atoms with Crippen LogP contribution < -0.4 is 5.73 Å². The lowest BCUT2D eigenvalue weighted by Gasteiger charge is -2.23. The highest BCUT2D eigenvalue weighted by Gasteiger charge is 2.21. The van der Waals surface area contributed by atoms with Gasteiger partial charge in [0.15, 0.2) is 0 Å². The zero-order valence-electron chi connectivity index (χ0n) is 10.2. The van der Waals surface area contributed by atoms with E-state index in [-0.39, 0.29) is 11.9 Å². The van der Waals surface area contributed by atoms with Gasteiger partial charge in [-0.2, -0.15) is 0 Å². The minimum Gasteiger partial charge on any atom is -0.375 e. The van der Waals surface area contributed by atoms with E-state index in [0.29, 0.717) is 0 Å². The first-order valence-corrected chi connectivity index (χ1v) is 5.81. The fourth-order valence-electron chi connectivity index (χ4n) is 2.02. The number of benzene rings is 2. The molecule has 3 heteroatoms. The fourth-order valence-corrected chi connectivity index (χ4v) is 2.02. The van der Waals surface area contributed by atoms with Crippen molar-refractivity contribution >= 4 is 0 Å². The Morgan fingerprint density at radius 3 is 2.28 bits per heavy atom. The van der Waals surface area contributed by atoms with Gasteiger partial charge >= 0.3 is 0 Å². The van der Waals surface area contributed by atoms with Crippen LogP contribution in [0.15, 0.2) is 54.6 Å². The Labute approximate surface area is 106 Å². The van der Waals surface area contributed by atoms with E-state index in [0.717, 1.165) is 11.1 Å². The maximum atomic E-state index is 13.2. The van der Waals surface area contributed by atoms with E-state index in [1.807, 2.05) is 36.4 Å². The molecule has 0 fully saturated rings. The lowest BCUT2D eigenvalue weighted by atomic mass is 9.96. The van der Waals surface area contributed by atoms with Crippen molar-refractivity contribution in [2.24, 2.45) is 5.73 Å². The number of methoxy groups -OCH3 is 1. The summed E-state index contributed by atoms with van der Waals surface area (Å²) in [6.07, 6.45) is -0.284. The lowest BCUT2D eigenvalue weighted by molar-refractivity contribution is 0.0801. The van der Waals surface area contributed by atoms with Crippen LogP contribution in [0.5, 0.6) is 0 Å². The maximum Gasteiger partial charge on any atom is 0.123 e. The Kier molecular flexibility index (Phi) is 4.07. The molecule has 0 spiro atoms. The summed E-state index contributed by atoms with van der Waals surface area (Å²) in [5, 5.41) is 0. The van der Waals surface area contributed by atoms with Gasteiger partial charge in [0, 0.05) is 7.11 Å². The number of rotatable bonds is 4. The summed E-state index contributed by atoms with van der Waals surface area (Å²) in [5.41, 5.74) is 7.87. The lowest BCUT2D eigenvalue weighted by Crippen LogP contribution is -2.21. The van der Waals surface area contributed by atoms with Gasteiger partial charge in [-0.15, -0.1) is 0 Å². The Balaban J connectivity index is 2.28. The average Bonchev–Trinajstić information content (AvgIpc) is 2.41. The SMILES string of the molecule is COC(c1ccccc1)C(N)c1cccc(F)c1. The number of nitrogens with two attached hydrogens (primary N) is 1. The van der Waals surface area contributed by atoms with Gasteiger partial charge in [0.2, 0.25) is 0 Å². The highest BCUT2D eigenvalue weighted by atomic mass is 19.1. The third-order valence-electron chi connectivity index (χ3n) is 2.94. The quantitative estimate of drug-likeness (QED) is 0.897. The van der Waals surface area contributed by atoms with Gasteiger partial charge in [0.05, 0.1) is 6.04 Å². The summed E-state index contributed by atoms with van der Waals surface area (Å²) >= 11 is 0. The van der Waals surface area contributed by atoms with E-state index < -0.39 is 6.04 Å². The van der Waals surface area contributed by atoms with Gasteiger partial charge in [-0.3, -0.25) is 0 Å². The Morgan fingerprint density at radius 2 is 1.67 bits per heavy atom. The summed E-state index contributed by atoms with van der Waals surface area (Å²) in [4.78, 5) is 0. The molecule has 2 atom stereocenters. The molecule has 2 N–H and O–H groups in total. The normalized spacial score (nSPS) is 14.2. The van der Waals surface area contributed by atoms with Gasteiger partial charge in [-0.1, -0.05) is 42.5 Å². The second-order valence-electron chi connectivity index (χ2n) is 4.15. The molecule has 0 aliphatic rings. The molecular formula is C15H16FNO. The van der Waals surface area contributed by atoms with Crippen molar-refractivity contribution in [2.75, 3.05) is 7.11 Å². The smallest absolute Gasteiger partial charge is 0.123 e. The van der Waals surface area contributed by atoms with Crippen molar-refractivity contribution in [1.82, 2.24) is 0 Å². The molecule has 0 saturated heterocycles. The van der Waals surface area contributed by atoms with E-state index in [1.165, 1.54) is 12.1 Å². The molecule has 2 aromatic rings. The molecule has 0 aliphatic heterocycles. The van der Waals surface area contributed by atoms with Gasteiger partial charge in [-0.05, 0) is 23.3 Å². The highest BCUT2D eigenvalue weighted by molar-refractivity contribution is 5.26. The topological polar surface area (TPSA) is 35.2 Å². The van der Waals surface area contributed by atoms with E-state index in [2.05, 4.69) is 0 Å². The van der Waals surface area contributed by atoms with Crippen LogP contribution in [0.1, 0.15) is 23.3 Å². The van der Waals surface area contributed by atoms with Crippen LogP contribution in [0.4, 0.5) is 4.39 Å². The van der Waals surface area contributed by atoms with Crippen LogP contribution in [0, 0.1) is 5.82 Å². The zero-order valence-corrected chi connectivity index (χ0v) is 10.2. The van der Waals surface area contributed by atoms with Crippen molar-refractivity contribution < 1.29 is 9.13 Å². The second-order valence-corrected chi connectivity index (χ2v) is 4.15. The third kappa shape index (κ3) is 2.75. The summed E-state index contributed by atoms with van der Waals surface area (Å²) in [6.45, 7) is 0. The summed E-state index contributed by atoms with van der Waals surface area (Å²) < 4.78 is 18.6. The number of ether oxygens (including phenoxy) is 1. The monoisotopic (exact) mass is 245 g/mol. The number of hydrogen-bond donors (Lipinski definition) is 1. The van der Waals surface area contributed by atoms with Crippen molar-refractivity contribution in [2.45, 2.75) is 12.1 Å². The van der Waals surface area contributed by atoms with E-state index >= 15 is 0 Å². The molecule has 0 bridgehead atoms. The van der Waals surface area contributed by atoms with Gasteiger partial charge < -0.3 is 10.5 Å². The first-order chi connectivity index (χ1) is 8.72. The van der Waals surface area contributed by atoms with Crippen molar-refractivity contribution in [3.8, 4) is 0 Å². The Hall–Kier alpha value is -1.71. The molecule has 0 aromatic heterocycles. The first-order valence-electron chi connectivity index (χ1n) is 5.81. The van der Waals surface area contributed by atoms with Crippen LogP contribution in [0.2, 0.25) is 0 Å². The molecule has 94 valence electrons. The fraction of sp³-hybridized carbons (Fsp3) is 0.200. The molecule has 2 rings (SSSR count). The third-order valence-corrected chi connectivity index (χ3v) is 2.94. The number of hydrogen-bond acceptors (Lipinski definition) is 2. The molecule has 0 radical (unpaired) electrons. The molecule has 2 aromatic carbocycles. The molecule has 0 aliphatic carbocycles. The van der Waals surface area contributed by atoms with E-state index in [4.69, 9.17) is 10.5 Å². The van der Waals surface area contributed by atoms with Crippen LogP contribution in [-0.2, 0) is 4.74 Å². The summed E-state index contributed by atoms with van der Waals surface area (Å²) in [7, 11) is 1.61. The van der Waals surface area contributed by atoms with Crippen molar-refractivity contribution in [3.63, 3.8) is 0 Å². The van der Waals surface area contributed by atoms with Crippen molar-refractivity contribution in [1.29, 1.82) is 0 Å². The second kappa shape index (κ2) is 5.76. The van der Waals surface area contributed by atoms with Crippen LogP contribution in [0.3, 0.4) is 0 Å². The Morgan fingerprint density at radius 1 is 1.00 bits per heavy atom. The molecule has 2 unspecified atom stereocenters. The van der Waals surface area contributed by atoms with Crippen LogP contribution >= 0.6 is 0 Å². The molecule has 18 heavy (non-hydrogen) atoms. The molecule has 2 nitrogen and oxygen atoms in total. The number of halogens is 1. The zero-order chi connectivity index (χ0) is 13.0. The van der Waals surface area contributed by atoms with Crippen LogP contribution in [-0.4, -0.2) is 7.11 Å². The summed E-state index contributed by atoms with van der Waals surface area (Å²) in [6, 6.07) is 15.6. The minimum atomic E-state index is -0.395. The van der Waals surface area contributed by atoms with Gasteiger partial charge in [-0.25, -0.2) is 4.39 Å². The Bertz CT molecular complexity index is 501. The average molecular weight is 245 g/mol. The van der Waals surface area contributed by atoms with Gasteiger partial charge in [0.25, 0.3) is 0 Å². The minimum absolute atomic E-state index is 0.284. The molecule has 0 amide bonds. The predicted molar refractivity (Wildman–Crippen MR) is 69.5 cm³/mol. The summed E-state index contributed by atoms with van der Waals surface area (Å²) in [5.74, 6) is -0.286.